The maximum Gasteiger partial charge on any atom is 0.292 e. The summed E-state index contributed by atoms with van der Waals surface area (Å²) in [6.07, 6.45) is 1.38. The number of hydrogen-bond donors (Lipinski definition) is 1. The maximum absolute atomic E-state index is 13.0. The van der Waals surface area contributed by atoms with E-state index in [9.17, 15) is 22.9 Å². The Balaban J connectivity index is 2.27. The molecule has 0 saturated carbocycles. The van der Waals surface area contributed by atoms with E-state index in [1.165, 1.54) is 6.08 Å². The molecule has 2 rings (SSSR count). The van der Waals surface area contributed by atoms with Crippen molar-refractivity contribution in [3.63, 3.8) is 0 Å². The smallest absolute Gasteiger partial charge is 0.292 e. The summed E-state index contributed by atoms with van der Waals surface area (Å²) < 4.78 is 35.4. The average molecular weight is 272 g/mol. The van der Waals surface area contributed by atoms with Gasteiger partial charge in [-0.15, -0.1) is 0 Å². The summed E-state index contributed by atoms with van der Waals surface area (Å²) >= 11 is 0. The van der Waals surface area contributed by atoms with Crippen molar-refractivity contribution < 1.29 is 17.7 Å². The monoisotopic (exact) mass is 272 g/mol. The van der Waals surface area contributed by atoms with Crippen molar-refractivity contribution in [3.8, 4) is 0 Å². The van der Waals surface area contributed by atoms with Crippen LogP contribution >= 0.6 is 0 Å². The van der Waals surface area contributed by atoms with Crippen LogP contribution in [0.2, 0.25) is 0 Å². The van der Waals surface area contributed by atoms with Crippen LogP contribution in [0.25, 0.3) is 0 Å². The van der Waals surface area contributed by atoms with Crippen molar-refractivity contribution in [2.45, 2.75) is 6.04 Å². The number of anilines is 1. The fourth-order valence-electron chi connectivity index (χ4n) is 1.65. The minimum atomic E-state index is -3.27. The van der Waals surface area contributed by atoms with Gasteiger partial charge < -0.3 is 5.32 Å². The Kier molecular flexibility index (Phi) is 3.04. The molecule has 6 nitrogen and oxygen atoms in total. The molecule has 1 atom stereocenters. The number of nitro benzene ring substituents is 1. The number of halogens is 1. The van der Waals surface area contributed by atoms with Crippen molar-refractivity contribution in [1.82, 2.24) is 0 Å². The highest BCUT2D eigenvalue weighted by molar-refractivity contribution is 7.94. The van der Waals surface area contributed by atoms with Crippen LogP contribution in [0.5, 0.6) is 0 Å². The van der Waals surface area contributed by atoms with Gasteiger partial charge in [-0.1, -0.05) is 6.08 Å². The van der Waals surface area contributed by atoms with Gasteiger partial charge in [0.1, 0.15) is 11.5 Å². The third kappa shape index (κ3) is 2.65. The van der Waals surface area contributed by atoms with Crippen LogP contribution in [0.15, 0.2) is 29.7 Å². The first-order valence-corrected chi connectivity index (χ1v) is 6.70. The van der Waals surface area contributed by atoms with Gasteiger partial charge in [-0.3, -0.25) is 10.1 Å². The quantitative estimate of drug-likeness (QED) is 0.664. The molecule has 1 aromatic rings. The Morgan fingerprint density at radius 3 is 2.72 bits per heavy atom. The normalized spacial score (nSPS) is 20.8. The SMILES string of the molecule is O=[N+]([O-])c1ccc(F)cc1NC1C=CS(=O)(=O)C1. The number of nitrogens with one attached hydrogen (secondary N) is 1. The third-order valence-corrected chi connectivity index (χ3v) is 3.82. The van der Waals surface area contributed by atoms with Gasteiger partial charge in [-0.05, 0) is 6.07 Å². The zero-order chi connectivity index (χ0) is 13.3. The topological polar surface area (TPSA) is 89.3 Å². The zero-order valence-corrected chi connectivity index (χ0v) is 9.85. The van der Waals surface area contributed by atoms with Crippen molar-refractivity contribution >= 4 is 21.2 Å². The predicted octanol–water partition coefficient (Wildman–Crippen LogP) is 1.46. The zero-order valence-electron chi connectivity index (χ0n) is 9.04. The summed E-state index contributed by atoms with van der Waals surface area (Å²) in [6.45, 7) is 0. The fraction of sp³-hybridized carbons (Fsp3) is 0.200. The van der Waals surface area contributed by atoms with E-state index in [2.05, 4.69) is 5.32 Å². The summed E-state index contributed by atoms with van der Waals surface area (Å²) in [5.41, 5.74) is -0.333. The van der Waals surface area contributed by atoms with Gasteiger partial charge >= 0.3 is 0 Å². The summed E-state index contributed by atoms with van der Waals surface area (Å²) in [7, 11) is -3.27. The molecule has 0 aliphatic carbocycles. The summed E-state index contributed by atoms with van der Waals surface area (Å²) in [5.74, 6) is -0.825. The molecule has 8 heteroatoms. The van der Waals surface area contributed by atoms with Crippen LogP contribution in [-0.2, 0) is 9.84 Å². The lowest BCUT2D eigenvalue weighted by Crippen LogP contribution is -2.21. The van der Waals surface area contributed by atoms with Crippen molar-refractivity contribution in [2.75, 3.05) is 11.1 Å². The van der Waals surface area contributed by atoms with Crippen molar-refractivity contribution in [2.24, 2.45) is 0 Å². The number of nitro groups is 1. The largest absolute Gasteiger partial charge is 0.372 e. The Morgan fingerprint density at radius 1 is 1.44 bits per heavy atom. The van der Waals surface area contributed by atoms with Crippen LogP contribution in [-0.4, -0.2) is 25.1 Å². The number of hydrogen-bond acceptors (Lipinski definition) is 5. The second kappa shape index (κ2) is 4.37. The van der Waals surface area contributed by atoms with Gasteiger partial charge in [-0.2, -0.15) is 0 Å². The summed E-state index contributed by atoms with van der Waals surface area (Å²) in [5, 5.41) is 14.4. The third-order valence-electron chi connectivity index (χ3n) is 2.43. The van der Waals surface area contributed by atoms with Crippen LogP contribution in [0, 0.1) is 15.9 Å². The van der Waals surface area contributed by atoms with Crippen LogP contribution in [0.3, 0.4) is 0 Å². The van der Waals surface area contributed by atoms with E-state index in [1.807, 2.05) is 0 Å². The van der Waals surface area contributed by atoms with Gasteiger partial charge in [0.05, 0.1) is 16.7 Å². The lowest BCUT2D eigenvalue weighted by molar-refractivity contribution is -0.384. The molecule has 96 valence electrons. The standard InChI is InChI=1S/C10H9FN2O4S/c11-7-1-2-10(13(14)15)9(5-7)12-8-3-4-18(16,17)6-8/h1-5,8,12H,6H2. The van der Waals surface area contributed by atoms with E-state index in [-0.39, 0.29) is 17.1 Å². The average Bonchev–Trinajstić information content (AvgIpc) is 2.57. The highest BCUT2D eigenvalue weighted by Gasteiger charge is 2.24. The van der Waals surface area contributed by atoms with Crippen LogP contribution in [0.4, 0.5) is 15.8 Å². The van der Waals surface area contributed by atoms with Gasteiger partial charge in [-0.25, -0.2) is 12.8 Å². The Morgan fingerprint density at radius 2 is 2.17 bits per heavy atom. The van der Waals surface area contributed by atoms with Crippen molar-refractivity contribution in [1.29, 1.82) is 0 Å². The van der Waals surface area contributed by atoms with Crippen LogP contribution in [0.1, 0.15) is 0 Å². The van der Waals surface area contributed by atoms with E-state index in [4.69, 9.17) is 0 Å². The van der Waals surface area contributed by atoms with E-state index < -0.39 is 26.6 Å². The number of sulfone groups is 1. The molecule has 1 N–H and O–H groups in total. The Bertz CT molecular complexity index is 627. The number of nitrogens with zero attached hydrogens (tertiary/aromatic N) is 1. The molecule has 0 bridgehead atoms. The first kappa shape index (κ1) is 12.5. The fourth-order valence-corrected chi connectivity index (χ4v) is 2.88. The van der Waals surface area contributed by atoms with E-state index >= 15 is 0 Å². The second-order valence-electron chi connectivity index (χ2n) is 3.83. The molecule has 1 unspecified atom stereocenters. The molecule has 0 radical (unpaired) electrons. The molecule has 1 aliphatic heterocycles. The first-order chi connectivity index (χ1) is 8.37. The van der Waals surface area contributed by atoms with Gasteiger partial charge in [0.2, 0.25) is 0 Å². The lowest BCUT2D eigenvalue weighted by atomic mass is 10.2. The maximum atomic E-state index is 13.0. The predicted molar refractivity (Wildman–Crippen MR) is 63.4 cm³/mol. The molecule has 0 saturated heterocycles. The van der Waals surface area contributed by atoms with E-state index in [0.29, 0.717) is 0 Å². The number of benzene rings is 1. The number of rotatable bonds is 3. The first-order valence-electron chi connectivity index (χ1n) is 4.99. The summed E-state index contributed by atoms with van der Waals surface area (Å²) in [4.78, 5) is 10.1. The Hall–Kier alpha value is -1.96. The van der Waals surface area contributed by atoms with Crippen LogP contribution < -0.4 is 5.32 Å². The van der Waals surface area contributed by atoms with Crippen molar-refractivity contribution in [3.05, 3.63) is 45.6 Å². The molecule has 1 aromatic carbocycles. The molecule has 18 heavy (non-hydrogen) atoms. The molecular weight excluding hydrogens is 263 g/mol. The molecule has 1 heterocycles. The minimum Gasteiger partial charge on any atom is -0.372 e. The Labute approximate surface area is 102 Å². The highest BCUT2D eigenvalue weighted by atomic mass is 32.2. The molecule has 1 aliphatic rings. The van der Waals surface area contributed by atoms with E-state index in [0.717, 1.165) is 23.6 Å². The molecular formula is C10H9FN2O4S. The second-order valence-corrected chi connectivity index (χ2v) is 5.76. The molecule has 0 amide bonds. The van der Waals surface area contributed by atoms with Gasteiger partial charge in [0.25, 0.3) is 5.69 Å². The van der Waals surface area contributed by atoms with E-state index in [1.54, 1.807) is 0 Å². The highest BCUT2D eigenvalue weighted by Crippen LogP contribution is 2.26. The van der Waals surface area contributed by atoms with Gasteiger partial charge in [0.15, 0.2) is 9.84 Å². The molecule has 0 spiro atoms. The molecule has 0 aromatic heterocycles. The summed E-state index contributed by atoms with van der Waals surface area (Å²) in [6, 6.07) is 2.39. The molecule has 0 fully saturated rings. The minimum absolute atomic E-state index is 0.0354. The van der Waals surface area contributed by atoms with Gasteiger partial charge in [0, 0.05) is 17.5 Å². The lowest BCUT2D eigenvalue weighted by Gasteiger charge is -2.11.